The molecule has 3 aromatic carbocycles. The Balaban J connectivity index is 1.73. The van der Waals surface area contributed by atoms with Crippen molar-refractivity contribution in [2.75, 3.05) is 0 Å². The van der Waals surface area contributed by atoms with E-state index in [0.717, 1.165) is 6.07 Å². The second-order valence-electron chi connectivity index (χ2n) is 5.50. The van der Waals surface area contributed by atoms with E-state index in [9.17, 15) is 19.3 Å². The first-order chi connectivity index (χ1) is 12.6. The van der Waals surface area contributed by atoms with Crippen LogP contribution in [0.3, 0.4) is 0 Å². The lowest BCUT2D eigenvalue weighted by atomic mass is 10.0. The fourth-order valence-corrected chi connectivity index (χ4v) is 2.48. The highest BCUT2D eigenvalue weighted by Crippen LogP contribution is 2.24. The molecule has 0 saturated heterocycles. The molecule has 0 amide bonds. The summed E-state index contributed by atoms with van der Waals surface area (Å²) in [5, 5.41) is 11.0. The summed E-state index contributed by atoms with van der Waals surface area (Å²) in [5.41, 5.74) is 0.603. The van der Waals surface area contributed by atoms with Crippen LogP contribution < -0.4 is 4.74 Å². The summed E-state index contributed by atoms with van der Waals surface area (Å²) in [6.45, 7) is -0.283. The maximum absolute atomic E-state index is 13.8. The Hall–Kier alpha value is -3.54. The molecule has 0 spiro atoms. The van der Waals surface area contributed by atoms with Crippen LogP contribution in [-0.2, 0) is 6.61 Å². The Morgan fingerprint density at radius 3 is 2.23 bits per heavy atom. The van der Waals surface area contributed by atoms with Gasteiger partial charge in [-0.3, -0.25) is 14.9 Å². The third kappa shape index (κ3) is 3.75. The fourth-order valence-electron chi connectivity index (χ4n) is 2.48. The molecule has 3 aromatic rings. The molecule has 0 saturated carbocycles. The number of nitro groups is 1. The van der Waals surface area contributed by atoms with E-state index in [2.05, 4.69) is 0 Å². The molecule has 0 aliphatic carbocycles. The molecule has 0 bridgehead atoms. The van der Waals surface area contributed by atoms with Crippen molar-refractivity contribution in [3.63, 3.8) is 0 Å². The van der Waals surface area contributed by atoms with Crippen LogP contribution in [-0.4, -0.2) is 10.7 Å². The molecule has 26 heavy (non-hydrogen) atoms. The van der Waals surface area contributed by atoms with Gasteiger partial charge < -0.3 is 4.74 Å². The van der Waals surface area contributed by atoms with Crippen molar-refractivity contribution in [3.05, 3.63) is 105 Å². The molecule has 0 unspecified atom stereocenters. The van der Waals surface area contributed by atoms with Gasteiger partial charge in [-0.05, 0) is 30.3 Å². The van der Waals surface area contributed by atoms with E-state index in [4.69, 9.17) is 4.74 Å². The Morgan fingerprint density at radius 1 is 0.923 bits per heavy atom. The molecule has 0 aliphatic heterocycles. The van der Waals surface area contributed by atoms with Crippen LogP contribution in [0.1, 0.15) is 21.5 Å². The molecule has 6 heteroatoms. The summed E-state index contributed by atoms with van der Waals surface area (Å²) in [7, 11) is 0. The number of hydrogen-bond acceptors (Lipinski definition) is 4. The minimum Gasteiger partial charge on any atom is -0.489 e. The molecule has 0 atom stereocenters. The lowest BCUT2D eigenvalue weighted by Gasteiger charge is -2.08. The van der Waals surface area contributed by atoms with Gasteiger partial charge in [0.05, 0.1) is 4.92 Å². The molecular formula is C20H14FNO4. The summed E-state index contributed by atoms with van der Waals surface area (Å²) in [5.74, 6) is -0.441. The maximum atomic E-state index is 13.8. The summed E-state index contributed by atoms with van der Waals surface area (Å²) < 4.78 is 19.3. The first kappa shape index (κ1) is 17.3. The Morgan fingerprint density at radius 2 is 1.58 bits per heavy atom. The van der Waals surface area contributed by atoms with Crippen LogP contribution in [0.25, 0.3) is 0 Å². The molecule has 0 fully saturated rings. The molecule has 3 rings (SSSR count). The zero-order valence-electron chi connectivity index (χ0n) is 13.6. The minimum absolute atomic E-state index is 0.123. The van der Waals surface area contributed by atoms with Crippen LogP contribution >= 0.6 is 0 Å². The summed E-state index contributed by atoms with van der Waals surface area (Å²) >= 11 is 0. The van der Waals surface area contributed by atoms with Crippen LogP contribution in [0.15, 0.2) is 72.8 Å². The van der Waals surface area contributed by atoms with Crippen LogP contribution in [0.4, 0.5) is 10.1 Å². The smallest absolute Gasteiger partial charge is 0.278 e. The zero-order chi connectivity index (χ0) is 18.5. The first-order valence-corrected chi connectivity index (χ1v) is 7.80. The van der Waals surface area contributed by atoms with Gasteiger partial charge in [-0.1, -0.05) is 36.4 Å². The van der Waals surface area contributed by atoms with E-state index in [1.165, 1.54) is 12.1 Å². The number of nitro benzene ring substituents is 1. The number of carbonyl (C=O) groups excluding carboxylic acids is 1. The van der Waals surface area contributed by atoms with E-state index >= 15 is 0 Å². The zero-order valence-corrected chi connectivity index (χ0v) is 13.6. The van der Waals surface area contributed by atoms with Crippen LogP contribution in [0, 0.1) is 15.9 Å². The highest BCUT2D eigenvalue weighted by atomic mass is 19.1. The largest absolute Gasteiger partial charge is 0.489 e. The van der Waals surface area contributed by atoms with Crippen LogP contribution in [0.2, 0.25) is 0 Å². The standard InChI is InChI=1S/C20H14FNO4/c21-18-7-4-8-19(22(24)25)17(18)13-26-16-11-9-15(10-12-16)20(23)14-5-2-1-3-6-14/h1-12H,13H2. The molecule has 0 heterocycles. The van der Waals surface area contributed by atoms with Gasteiger partial charge in [0.2, 0.25) is 0 Å². The van der Waals surface area contributed by atoms with Crippen molar-refractivity contribution >= 4 is 11.5 Å². The molecule has 0 N–H and O–H groups in total. The Bertz CT molecular complexity index is 940. The van der Waals surface area contributed by atoms with Crippen molar-refractivity contribution in [2.45, 2.75) is 6.61 Å². The summed E-state index contributed by atoms with van der Waals surface area (Å²) in [4.78, 5) is 22.7. The highest BCUT2D eigenvalue weighted by Gasteiger charge is 2.18. The van der Waals surface area contributed by atoms with Gasteiger partial charge in [0.15, 0.2) is 5.78 Å². The molecule has 0 radical (unpaired) electrons. The van der Waals surface area contributed by atoms with Crippen molar-refractivity contribution in [1.29, 1.82) is 0 Å². The maximum Gasteiger partial charge on any atom is 0.278 e. The molecule has 5 nitrogen and oxygen atoms in total. The Labute approximate surface area is 148 Å². The molecular weight excluding hydrogens is 337 g/mol. The third-order valence-corrected chi connectivity index (χ3v) is 3.83. The lowest BCUT2D eigenvalue weighted by Crippen LogP contribution is -2.04. The molecule has 130 valence electrons. The van der Waals surface area contributed by atoms with E-state index in [1.807, 2.05) is 6.07 Å². The summed E-state index contributed by atoms with van der Waals surface area (Å²) in [6.07, 6.45) is 0. The number of carbonyl (C=O) groups is 1. The van der Waals surface area contributed by atoms with Gasteiger partial charge >= 0.3 is 0 Å². The van der Waals surface area contributed by atoms with E-state index in [-0.39, 0.29) is 23.6 Å². The number of hydrogen-bond donors (Lipinski definition) is 0. The van der Waals surface area contributed by atoms with E-state index in [0.29, 0.717) is 16.9 Å². The fraction of sp³-hybridized carbons (Fsp3) is 0.0500. The quantitative estimate of drug-likeness (QED) is 0.371. The van der Waals surface area contributed by atoms with Gasteiger partial charge in [0, 0.05) is 17.2 Å². The number of rotatable bonds is 6. The molecule has 0 aliphatic rings. The topological polar surface area (TPSA) is 69.4 Å². The average molecular weight is 351 g/mol. The predicted octanol–water partition coefficient (Wildman–Crippen LogP) is 4.54. The average Bonchev–Trinajstić information content (AvgIpc) is 2.67. The predicted molar refractivity (Wildman–Crippen MR) is 93.7 cm³/mol. The number of ether oxygens (including phenoxy) is 1. The van der Waals surface area contributed by atoms with E-state index in [1.54, 1.807) is 48.5 Å². The molecule has 0 aromatic heterocycles. The van der Waals surface area contributed by atoms with Crippen molar-refractivity contribution in [1.82, 2.24) is 0 Å². The Kier molecular flexibility index (Phi) is 5.03. The van der Waals surface area contributed by atoms with Gasteiger partial charge in [-0.15, -0.1) is 0 Å². The number of nitrogens with zero attached hydrogens (tertiary/aromatic N) is 1. The normalized spacial score (nSPS) is 10.3. The second kappa shape index (κ2) is 7.57. The van der Waals surface area contributed by atoms with Gasteiger partial charge in [0.25, 0.3) is 5.69 Å². The monoisotopic (exact) mass is 351 g/mol. The summed E-state index contributed by atoms with van der Waals surface area (Å²) in [6, 6.07) is 18.8. The van der Waals surface area contributed by atoms with E-state index < -0.39 is 10.7 Å². The highest BCUT2D eigenvalue weighted by molar-refractivity contribution is 6.08. The second-order valence-corrected chi connectivity index (χ2v) is 5.50. The van der Waals surface area contributed by atoms with Gasteiger partial charge in [-0.25, -0.2) is 4.39 Å². The van der Waals surface area contributed by atoms with Crippen LogP contribution in [0.5, 0.6) is 5.75 Å². The number of ketones is 1. The third-order valence-electron chi connectivity index (χ3n) is 3.83. The number of benzene rings is 3. The van der Waals surface area contributed by atoms with Gasteiger partial charge in [-0.2, -0.15) is 0 Å². The van der Waals surface area contributed by atoms with Crippen molar-refractivity contribution in [3.8, 4) is 5.75 Å². The SMILES string of the molecule is O=C(c1ccccc1)c1ccc(OCc2c(F)cccc2[N+](=O)[O-])cc1. The minimum atomic E-state index is -0.699. The lowest BCUT2D eigenvalue weighted by molar-refractivity contribution is -0.386. The van der Waals surface area contributed by atoms with Crippen molar-refractivity contribution in [2.24, 2.45) is 0 Å². The number of halogens is 1. The van der Waals surface area contributed by atoms with Crippen molar-refractivity contribution < 1.29 is 18.8 Å². The van der Waals surface area contributed by atoms with Gasteiger partial charge in [0.1, 0.15) is 23.7 Å². The first-order valence-electron chi connectivity index (χ1n) is 7.80.